The number of aryl methyl sites for hydroxylation is 2. The van der Waals surface area contributed by atoms with E-state index in [0.29, 0.717) is 51.9 Å². The van der Waals surface area contributed by atoms with Gasteiger partial charge in [-0.15, -0.1) is 0 Å². The van der Waals surface area contributed by atoms with Gasteiger partial charge < -0.3 is 41.7 Å². The zero-order valence-electron chi connectivity index (χ0n) is 25.2. The van der Waals surface area contributed by atoms with Crippen molar-refractivity contribution in [1.82, 2.24) is 15.5 Å². The van der Waals surface area contributed by atoms with Crippen LogP contribution in [-0.2, 0) is 32.3 Å². The molecule has 0 spiro atoms. The van der Waals surface area contributed by atoms with Crippen molar-refractivity contribution < 1.29 is 38.4 Å². The summed E-state index contributed by atoms with van der Waals surface area (Å²) in [5.74, 6) is -0.715. The molecule has 8 N–H and O–H groups in total. The molecule has 2 aromatic rings. The first-order valence-corrected chi connectivity index (χ1v) is 16.7. The molecule has 2 amide bonds. The van der Waals surface area contributed by atoms with Gasteiger partial charge in [0.2, 0.25) is 11.8 Å². The number of nitrogens with two attached hydrogens (primary N) is 1. The average Bonchev–Trinajstić information content (AvgIpc) is 2.93. The molecule has 2 rings (SSSR count). The average molecular weight is 625 g/mol. The molecule has 0 saturated carbocycles. The molecule has 0 atom stereocenters. The van der Waals surface area contributed by atoms with Crippen molar-refractivity contribution in [2.45, 2.75) is 51.4 Å². The summed E-state index contributed by atoms with van der Waals surface area (Å²) in [6.45, 7) is 3.99. The summed E-state index contributed by atoms with van der Waals surface area (Å²) < 4.78 is 19.3. The fraction of sp³-hybridized carbons (Fsp3) is 0.533. The Hall–Kier alpha value is -3.55. The zero-order valence-corrected chi connectivity index (χ0v) is 26.0. The number of amides is 2. The first-order chi connectivity index (χ1) is 20.3. The number of nitrogens with zero attached hydrogens (tertiary/aromatic N) is 1. The number of hydrogen-bond acceptors (Lipinski definition) is 10. The molecule has 0 aromatic heterocycles. The number of carbonyl (C=O) groups is 2. The summed E-state index contributed by atoms with van der Waals surface area (Å²) in [4.78, 5) is 26.6. The minimum absolute atomic E-state index is 0.0527. The van der Waals surface area contributed by atoms with E-state index in [-0.39, 0.29) is 34.8 Å². The molecule has 0 aliphatic heterocycles. The molecule has 13 heteroatoms. The first kappa shape index (κ1) is 37.5. The fourth-order valence-electron chi connectivity index (χ4n) is 3.97. The molecule has 0 aliphatic carbocycles. The van der Waals surface area contributed by atoms with E-state index in [1.54, 1.807) is 12.1 Å². The zero-order chi connectivity index (χ0) is 32.3. The standard InChI is InChI=1S/C28H42N4O6.C2H6O2S/c29-13-3-18-32(28(38)12-8-22-6-10-24(34)26(36)20-22)17-2-1-14-30-15-4-16-31-27(37)11-7-21-5-9-23(33)25(35)19-21;1-5(2,3)4/h5-6,9-10,19-20,30,33-36H,1-4,7-8,11-18,29H2,(H,31,37);1-2H3. The lowest BCUT2D eigenvalue weighted by Crippen LogP contribution is -2.34. The quantitative estimate of drug-likeness (QED) is 0.0946. The molecule has 0 heterocycles. The summed E-state index contributed by atoms with van der Waals surface area (Å²) in [5.41, 5.74) is 7.22. The second-order valence-corrected chi connectivity index (χ2v) is 12.8. The lowest BCUT2D eigenvalue weighted by Gasteiger charge is -2.23. The van der Waals surface area contributed by atoms with E-state index in [1.807, 2.05) is 4.90 Å². The van der Waals surface area contributed by atoms with Crippen LogP contribution in [0.5, 0.6) is 23.0 Å². The molecule has 242 valence electrons. The number of unbranched alkanes of at least 4 members (excludes halogenated alkanes) is 1. The number of sulfone groups is 1. The van der Waals surface area contributed by atoms with Gasteiger partial charge in [-0.3, -0.25) is 9.59 Å². The van der Waals surface area contributed by atoms with Crippen molar-refractivity contribution in [2.24, 2.45) is 5.73 Å². The first-order valence-electron chi connectivity index (χ1n) is 14.4. The molecule has 0 radical (unpaired) electrons. The number of phenolic OH excluding ortho intramolecular Hbond substituents is 4. The van der Waals surface area contributed by atoms with Gasteiger partial charge in [-0.1, -0.05) is 12.1 Å². The number of benzene rings is 2. The van der Waals surface area contributed by atoms with Gasteiger partial charge in [0.15, 0.2) is 23.0 Å². The van der Waals surface area contributed by atoms with E-state index in [2.05, 4.69) is 10.6 Å². The lowest BCUT2D eigenvalue weighted by molar-refractivity contribution is -0.131. The van der Waals surface area contributed by atoms with Gasteiger partial charge in [-0.2, -0.15) is 0 Å². The van der Waals surface area contributed by atoms with Gasteiger partial charge in [0.05, 0.1) is 0 Å². The SMILES string of the molecule is CS(C)(=O)=O.NCCCN(CCCCNCCCNC(=O)CCc1ccc(O)c(O)c1)C(=O)CCc1ccc(O)c(O)c1. The van der Waals surface area contributed by atoms with Crippen molar-refractivity contribution in [3.05, 3.63) is 47.5 Å². The number of carbonyl (C=O) groups excluding carboxylic acids is 2. The van der Waals surface area contributed by atoms with Gasteiger partial charge >= 0.3 is 0 Å². The number of phenols is 4. The monoisotopic (exact) mass is 624 g/mol. The van der Waals surface area contributed by atoms with Crippen LogP contribution in [0.25, 0.3) is 0 Å². The van der Waals surface area contributed by atoms with Crippen molar-refractivity contribution in [1.29, 1.82) is 0 Å². The molecule has 0 unspecified atom stereocenters. The molecular weight excluding hydrogens is 576 g/mol. The highest BCUT2D eigenvalue weighted by molar-refractivity contribution is 7.89. The summed E-state index contributed by atoms with van der Waals surface area (Å²) in [6, 6.07) is 9.17. The Bertz CT molecular complexity index is 1230. The Morgan fingerprint density at radius 1 is 0.744 bits per heavy atom. The van der Waals surface area contributed by atoms with Crippen LogP contribution >= 0.6 is 0 Å². The van der Waals surface area contributed by atoms with E-state index in [0.717, 1.165) is 62.4 Å². The second-order valence-electron chi connectivity index (χ2n) is 10.5. The van der Waals surface area contributed by atoms with Crippen LogP contribution < -0.4 is 16.4 Å². The molecule has 0 saturated heterocycles. The Balaban J connectivity index is 0.00000170. The van der Waals surface area contributed by atoms with Crippen LogP contribution in [-0.4, -0.2) is 97.3 Å². The minimum atomic E-state index is -2.67. The van der Waals surface area contributed by atoms with E-state index < -0.39 is 9.84 Å². The third kappa shape index (κ3) is 18.6. The molecule has 43 heavy (non-hydrogen) atoms. The summed E-state index contributed by atoms with van der Waals surface area (Å²) in [5, 5.41) is 44.1. The van der Waals surface area contributed by atoms with E-state index in [1.165, 1.54) is 24.3 Å². The maximum absolute atomic E-state index is 12.7. The van der Waals surface area contributed by atoms with Crippen molar-refractivity contribution in [3.8, 4) is 23.0 Å². The fourth-order valence-corrected chi connectivity index (χ4v) is 3.97. The van der Waals surface area contributed by atoms with E-state index in [9.17, 15) is 38.4 Å². The Kier molecular flexibility index (Phi) is 17.8. The van der Waals surface area contributed by atoms with Gasteiger partial charge in [-0.05, 0) is 93.6 Å². The number of nitrogens with one attached hydrogen (secondary N) is 2. The molecule has 0 aliphatic rings. The second kappa shape index (κ2) is 20.4. The lowest BCUT2D eigenvalue weighted by atomic mass is 10.1. The third-order valence-electron chi connectivity index (χ3n) is 6.22. The van der Waals surface area contributed by atoms with Gasteiger partial charge in [-0.25, -0.2) is 8.42 Å². The number of hydrogen-bond donors (Lipinski definition) is 7. The molecule has 0 bridgehead atoms. The maximum atomic E-state index is 12.7. The van der Waals surface area contributed by atoms with Crippen LogP contribution in [0.2, 0.25) is 0 Å². The van der Waals surface area contributed by atoms with Crippen molar-refractivity contribution in [3.63, 3.8) is 0 Å². The predicted molar refractivity (Wildman–Crippen MR) is 167 cm³/mol. The normalized spacial score (nSPS) is 11.0. The molecular formula is C30H48N4O8S. The Labute approximate surface area is 254 Å². The van der Waals surface area contributed by atoms with Crippen LogP contribution in [0.3, 0.4) is 0 Å². The van der Waals surface area contributed by atoms with Crippen molar-refractivity contribution in [2.75, 3.05) is 51.8 Å². The van der Waals surface area contributed by atoms with E-state index in [4.69, 9.17) is 5.73 Å². The maximum Gasteiger partial charge on any atom is 0.222 e. The van der Waals surface area contributed by atoms with Gasteiger partial charge in [0, 0.05) is 45.0 Å². The highest BCUT2D eigenvalue weighted by Crippen LogP contribution is 2.26. The topological polar surface area (TPSA) is 203 Å². The predicted octanol–water partition coefficient (Wildman–Crippen LogP) is 1.79. The van der Waals surface area contributed by atoms with Crippen molar-refractivity contribution >= 4 is 21.7 Å². The van der Waals surface area contributed by atoms with Crippen LogP contribution in [0.15, 0.2) is 36.4 Å². The van der Waals surface area contributed by atoms with Gasteiger partial charge in [0.1, 0.15) is 9.84 Å². The Morgan fingerprint density at radius 3 is 1.79 bits per heavy atom. The largest absolute Gasteiger partial charge is 0.504 e. The summed E-state index contributed by atoms with van der Waals surface area (Å²) >= 11 is 0. The highest BCUT2D eigenvalue weighted by atomic mass is 32.2. The highest BCUT2D eigenvalue weighted by Gasteiger charge is 2.13. The van der Waals surface area contributed by atoms with Gasteiger partial charge in [0.25, 0.3) is 0 Å². The van der Waals surface area contributed by atoms with Crippen LogP contribution in [0.4, 0.5) is 0 Å². The van der Waals surface area contributed by atoms with Crippen LogP contribution in [0, 0.1) is 0 Å². The summed E-state index contributed by atoms with van der Waals surface area (Å²) in [7, 11) is -2.67. The molecule has 12 nitrogen and oxygen atoms in total. The third-order valence-corrected chi connectivity index (χ3v) is 6.22. The summed E-state index contributed by atoms with van der Waals surface area (Å²) in [6.07, 6.45) is 7.28. The number of rotatable bonds is 18. The number of aromatic hydroxyl groups is 4. The molecule has 0 fully saturated rings. The minimum Gasteiger partial charge on any atom is -0.504 e. The van der Waals surface area contributed by atoms with E-state index >= 15 is 0 Å². The molecule has 2 aromatic carbocycles. The smallest absolute Gasteiger partial charge is 0.222 e. The Morgan fingerprint density at radius 2 is 1.26 bits per heavy atom. The van der Waals surface area contributed by atoms with Crippen LogP contribution in [0.1, 0.15) is 49.7 Å².